The quantitative estimate of drug-likeness (QED) is 0.742. The maximum Gasteiger partial charge on any atom is 0.328 e. The highest BCUT2D eigenvalue weighted by Crippen LogP contribution is 2.33. The molecule has 1 heterocycles. The number of alkyl halides is 1. The SMILES string of the molecule is O=c1n(CCCBr)ccn1C1CC1. The molecule has 1 saturated carbocycles. The molecule has 0 radical (unpaired) electrons. The first-order valence-electron chi connectivity index (χ1n) is 4.66. The van der Waals surface area contributed by atoms with Gasteiger partial charge in [-0.15, -0.1) is 0 Å². The minimum atomic E-state index is 0.156. The molecule has 72 valence electrons. The third-order valence-corrected chi connectivity index (χ3v) is 2.91. The Bertz CT molecular complexity index is 338. The molecule has 0 bridgehead atoms. The second-order valence-electron chi connectivity index (χ2n) is 3.46. The van der Waals surface area contributed by atoms with E-state index in [1.807, 2.05) is 17.0 Å². The van der Waals surface area contributed by atoms with Crippen molar-refractivity contribution < 1.29 is 0 Å². The fourth-order valence-corrected chi connectivity index (χ4v) is 1.71. The molecule has 3 nitrogen and oxygen atoms in total. The van der Waals surface area contributed by atoms with Crippen LogP contribution < -0.4 is 5.69 Å². The summed E-state index contributed by atoms with van der Waals surface area (Å²) in [5, 5.41) is 0.952. The standard InChI is InChI=1S/C9H13BrN2O/c10-4-1-5-11-6-7-12(9(11)13)8-2-3-8/h6-8H,1-5H2. The number of halogens is 1. The Morgan fingerprint density at radius 2 is 2.23 bits per heavy atom. The Morgan fingerprint density at radius 3 is 2.85 bits per heavy atom. The summed E-state index contributed by atoms with van der Waals surface area (Å²) >= 11 is 3.36. The lowest BCUT2D eigenvalue weighted by Gasteiger charge is -1.98. The molecule has 4 heteroatoms. The summed E-state index contributed by atoms with van der Waals surface area (Å²) in [7, 11) is 0. The van der Waals surface area contributed by atoms with E-state index in [-0.39, 0.29) is 5.69 Å². The first kappa shape index (κ1) is 9.06. The molecule has 1 aliphatic rings. The van der Waals surface area contributed by atoms with Gasteiger partial charge in [0.05, 0.1) is 0 Å². The van der Waals surface area contributed by atoms with Gasteiger partial charge in [0.1, 0.15) is 0 Å². The Hall–Kier alpha value is -0.510. The molecule has 1 aromatic rings. The maximum atomic E-state index is 11.7. The Morgan fingerprint density at radius 1 is 1.46 bits per heavy atom. The number of nitrogens with zero attached hydrogens (tertiary/aromatic N) is 2. The molecular formula is C9H13BrN2O. The number of aryl methyl sites for hydroxylation is 1. The molecule has 1 aliphatic carbocycles. The molecule has 0 atom stereocenters. The molecule has 0 N–H and O–H groups in total. The van der Waals surface area contributed by atoms with Gasteiger partial charge in [-0.25, -0.2) is 4.79 Å². The zero-order valence-electron chi connectivity index (χ0n) is 7.45. The smallest absolute Gasteiger partial charge is 0.299 e. The van der Waals surface area contributed by atoms with Crippen molar-refractivity contribution >= 4 is 15.9 Å². The number of rotatable bonds is 4. The van der Waals surface area contributed by atoms with Crippen LogP contribution >= 0.6 is 15.9 Å². The highest BCUT2D eigenvalue weighted by atomic mass is 79.9. The van der Waals surface area contributed by atoms with Crippen LogP contribution in [0.2, 0.25) is 0 Å². The summed E-state index contributed by atoms with van der Waals surface area (Å²) in [5.41, 5.74) is 0.156. The lowest BCUT2D eigenvalue weighted by Crippen LogP contribution is -2.23. The van der Waals surface area contributed by atoms with E-state index in [0.717, 1.165) is 18.3 Å². The van der Waals surface area contributed by atoms with Crippen molar-refractivity contribution in [3.8, 4) is 0 Å². The predicted octanol–water partition coefficient (Wildman–Crippen LogP) is 1.77. The van der Waals surface area contributed by atoms with E-state index in [1.54, 1.807) is 4.57 Å². The van der Waals surface area contributed by atoms with E-state index in [4.69, 9.17) is 0 Å². The van der Waals surface area contributed by atoms with Crippen LogP contribution in [-0.4, -0.2) is 14.5 Å². The van der Waals surface area contributed by atoms with Gasteiger partial charge in [-0.2, -0.15) is 0 Å². The third kappa shape index (κ3) is 1.88. The third-order valence-electron chi connectivity index (χ3n) is 2.35. The van der Waals surface area contributed by atoms with Crippen LogP contribution in [0, 0.1) is 0 Å². The topological polar surface area (TPSA) is 26.9 Å². The first-order valence-corrected chi connectivity index (χ1v) is 5.78. The minimum Gasteiger partial charge on any atom is -0.299 e. The maximum absolute atomic E-state index is 11.7. The fraction of sp³-hybridized carbons (Fsp3) is 0.667. The van der Waals surface area contributed by atoms with Crippen LogP contribution in [0.4, 0.5) is 0 Å². The van der Waals surface area contributed by atoms with Crippen LogP contribution in [0.1, 0.15) is 25.3 Å². The average molecular weight is 245 g/mol. The molecule has 0 amide bonds. The van der Waals surface area contributed by atoms with Crippen molar-refractivity contribution in [2.24, 2.45) is 0 Å². The van der Waals surface area contributed by atoms with Gasteiger partial charge in [0.25, 0.3) is 0 Å². The van der Waals surface area contributed by atoms with Crippen molar-refractivity contribution in [1.82, 2.24) is 9.13 Å². The van der Waals surface area contributed by atoms with E-state index >= 15 is 0 Å². The molecule has 13 heavy (non-hydrogen) atoms. The summed E-state index contributed by atoms with van der Waals surface area (Å²) in [5.74, 6) is 0. The second-order valence-corrected chi connectivity index (χ2v) is 4.25. The van der Waals surface area contributed by atoms with E-state index in [1.165, 1.54) is 12.8 Å². The lowest BCUT2D eigenvalue weighted by molar-refractivity contribution is 0.614. The van der Waals surface area contributed by atoms with Crippen molar-refractivity contribution in [3.63, 3.8) is 0 Å². The van der Waals surface area contributed by atoms with Gasteiger partial charge < -0.3 is 0 Å². The first-order chi connectivity index (χ1) is 6.33. The molecular weight excluding hydrogens is 232 g/mol. The van der Waals surface area contributed by atoms with Crippen molar-refractivity contribution in [2.45, 2.75) is 31.8 Å². The molecule has 1 aromatic heterocycles. The van der Waals surface area contributed by atoms with Gasteiger partial charge in [-0.05, 0) is 19.3 Å². The van der Waals surface area contributed by atoms with Gasteiger partial charge in [0.2, 0.25) is 0 Å². The zero-order valence-corrected chi connectivity index (χ0v) is 9.03. The predicted molar refractivity (Wildman–Crippen MR) is 55.4 cm³/mol. The van der Waals surface area contributed by atoms with Crippen LogP contribution in [-0.2, 0) is 6.54 Å². The van der Waals surface area contributed by atoms with E-state index < -0.39 is 0 Å². The summed E-state index contributed by atoms with van der Waals surface area (Å²) < 4.78 is 3.65. The van der Waals surface area contributed by atoms with E-state index in [2.05, 4.69) is 15.9 Å². The largest absolute Gasteiger partial charge is 0.328 e. The molecule has 2 rings (SSSR count). The number of aromatic nitrogens is 2. The molecule has 0 saturated heterocycles. The summed E-state index contributed by atoms with van der Waals surface area (Å²) in [6, 6.07) is 0.498. The Balaban J connectivity index is 2.13. The fourth-order valence-electron chi connectivity index (χ4n) is 1.46. The molecule has 1 fully saturated rings. The van der Waals surface area contributed by atoms with Gasteiger partial charge >= 0.3 is 5.69 Å². The van der Waals surface area contributed by atoms with Gasteiger partial charge in [-0.1, -0.05) is 15.9 Å². The van der Waals surface area contributed by atoms with Crippen LogP contribution in [0.3, 0.4) is 0 Å². The average Bonchev–Trinajstić information content (AvgIpc) is 2.89. The van der Waals surface area contributed by atoms with Crippen molar-refractivity contribution in [1.29, 1.82) is 0 Å². The molecule has 0 aromatic carbocycles. The lowest BCUT2D eigenvalue weighted by atomic mass is 10.5. The summed E-state index contributed by atoms with van der Waals surface area (Å²) in [4.78, 5) is 11.7. The highest BCUT2D eigenvalue weighted by molar-refractivity contribution is 9.09. The van der Waals surface area contributed by atoms with Crippen LogP contribution in [0.25, 0.3) is 0 Å². The highest BCUT2D eigenvalue weighted by Gasteiger charge is 2.25. The van der Waals surface area contributed by atoms with Gasteiger partial charge in [0, 0.05) is 30.3 Å². The Labute approximate surface area is 85.5 Å². The molecule has 0 aliphatic heterocycles. The number of imidazole rings is 1. The van der Waals surface area contributed by atoms with Gasteiger partial charge in [0.15, 0.2) is 0 Å². The Kier molecular flexibility index (Phi) is 2.58. The summed E-state index contributed by atoms with van der Waals surface area (Å²) in [6.07, 6.45) is 7.15. The van der Waals surface area contributed by atoms with Crippen molar-refractivity contribution in [2.75, 3.05) is 5.33 Å². The van der Waals surface area contributed by atoms with Crippen LogP contribution in [0.5, 0.6) is 0 Å². The van der Waals surface area contributed by atoms with Crippen LogP contribution in [0.15, 0.2) is 17.2 Å². The minimum absolute atomic E-state index is 0.156. The van der Waals surface area contributed by atoms with Gasteiger partial charge in [-0.3, -0.25) is 9.13 Å². The monoisotopic (exact) mass is 244 g/mol. The molecule has 0 spiro atoms. The number of hydrogen-bond donors (Lipinski definition) is 0. The second kappa shape index (κ2) is 3.70. The van der Waals surface area contributed by atoms with E-state index in [9.17, 15) is 4.79 Å². The molecule has 0 unspecified atom stereocenters. The van der Waals surface area contributed by atoms with Crippen molar-refractivity contribution in [3.05, 3.63) is 22.9 Å². The zero-order chi connectivity index (χ0) is 9.26. The summed E-state index contributed by atoms with van der Waals surface area (Å²) in [6.45, 7) is 0.823. The van der Waals surface area contributed by atoms with E-state index in [0.29, 0.717) is 6.04 Å². The normalized spacial score (nSPS) is 16.4. The number of hydrogen-bond acceptors (Lipinski definition) is 1.